The first-order valence-corrected chi connectivity index (χ1v) is 8.79. The zero-order valence-corrected chi connectivity index (χ0v) is 13.0. The second-order valence-corrected chi connectivity index (χ2v) is 7.02. The van der Waals surface area contributed by atoms with Crippen LogP contribution in [-0.4, -0.2) is 12.6 Å². The Morgan fingerprint density at radius 1 is 0.952 bits per heavy atom. The summed E-state index contributed by atoms with van der Waals surface area (Å²) < 4.78 is 13.1. The maximum atomic E-state index is 13.1. The van der Waals surface area contributed by atoms with Crippen LogP contribution >= 0.6 is 0 Å². The molecular weight excluding hydrogens is 261 g/mol. The summed E-state index contributed by atoms with van der Waals surface area (Å²) >= 11 is 0. The van der Waals surface area contributed by atoms with E-state index in [0.29, 0.717) is 5.92 Å². The van der Waals surface area contributed by atoms with Crippen LogP contribution in [0.2, 0.25) is 0 Å². The molecule has 1 N–H and O–H groups in total. The van der Waals surface area contributed by atoms with E-state index >= 15 is 0 Å². The van der Waals surface area contributed by atoms with Gasteiger partial charge in [0.2, 0.25) is 0 Å². The van der Waals surface area contributed by atoms with E-state index in [9.17, 15) is 4.39 Å². The van der Waals surface area contributed by atoms with Crippen LogP contribution in [0, 0.1) is 17.7 Å². The maximum absolute atomic E-state index is 13.1. The summed E-state index contributed by atoms with van der Waals surface area (Å²) in [6.07, 6.45) is 12.2. The molecule has 21 heavy (non-hydrogen) atoms. The lowest BCUT2D eigenvalue weighted by Crippen LogP contribution is -2.31. The molecule has 2 saturated carbocycles. The van der Waals surface area contributed by atoms with E-state index in [4.69, 9.17) is 0 Å². The largest absolute Gasteiger partial charge is 0.314 e. The Bertz CT molecular complexity index is 416. The zero-order valence-electron chi connectivity index (χ0n) is 13.0. The first kappa shape index (κ1) is 15.0. The van der Waals surface area contributed by atoms with Gasteiger partial charge in [-0.1, -0.05) is 50.7 Å². The summed E-state index contributed by atoms with van der Waals surface area (Å²) in [7, 11) is 0. The highest BCUT2D eigenvalue weighted by Gasteiger charge is 2.26. The van der Waals surface area contributed by atoms with Gasteiger partial charge in [0, 0.05) is 6.04 Å². The van der Waals surface area contributed by atoms with Crippen molar-refractivity contribution in [2.24, 2.45) is 11.8 Å². The highest BCUT2D eigenvalue weighted by molar-refractivity contribution is 5.17. The van der Waals surface area contributed by atoms with Crippen LogP contribution in [0.15, 0.2) is 24.3 Å². The number of hydrogen-bond acceptors (Lipinski definition) is 1. The minimum atomic E-state index is -0.124. The molecule has 0 radical (unpaired) electrons. The number of halogens is 1. The van der Waals surface area contributed by atoms with Crippen LogP contribution in [0.3, 0.4) is 0 Å². The van der Waals surface area contributed by atoms with Gasteiger partial charge < -0.3 is 5.32 Å². The SMILES string of the molecule is Fc1ccc(CC(CNC2CC2)C2CCCCCC2)cc1. The van der Waals surface area contributed by atoms with Crippen LogP contribution in [0.5, 0.6) is 0 Å². The monoisotopic (exact) mass is 289 g/mol. The Kier molecular flexibility index (Phi) is 5.29. The second kappa shape index (κ2) is 7.40. The van der Waals surface area contributed by atoms with Gasteiger partial charge in [0.05, 0.1) is 0 Å². The fourth-order valence-electron chi connectivity index (χ4n) is 3.72. The Morgan fingerprint density at radius 2 is 1.62 bits per heavy atom. The topological polar surface area (TPSA) is 12.0 Å². The van der Waals surface area contributed by atoms with Gasteiger partial charge in [-0.15, -0.1) is 0 Å². The smallest absolute Gasteiger partial charge is 0.123 e. The molecule has 2 heteroatoms. The van der Waals surface area contributed by atoms with E-state index in [0.717, 1.165) is 24.9 Å². The molecule has 0 amide bonds. The molecule has 2 fully saturated rings. The number of rotatable bonds is 6. The molecule has 0 aromatic heterocycles. The highest BCUT2D eigenvalue weighted by Crippen LogP contribution is 2.31. The first-order valence-electron chi connectivity index (χ1n) is 8.79. The third-order valence-corrected chi connectivity index (χ3v) is 5.22. The van der Waals surface area contributed by atoms with Crippen molar-refractivity contribution in [3.8, 4) is 0 Å². The van der Waals surface area contributed by atoms with Gasteiger partial charge in [0.25, 0.3) is 0 Å². The average molecular weight is 289 g/mol. The molecule has 0 bridgehead atoms. The van der Waals surface area contributed by atoms with Gasteiger partial charge in [-0.25, -0.2) is 4.39 Å². The third kappa shape index (κ3) is 4.81. The normalized spacial score (nSPS) is 22.0. The van der Waals surface area contributed by atoms with Gasteiger partial charge >= 0.3 is 0 Å². The highest BCUT2D eigenvalue weighted by atomic mass is 19.1. The summed E-state index contributed by atoms with van der Waals surface area (Å²) in [4.78, 5) is 0. The van der Waals surface area contributed by atoms with Crippen molar-refractivity contribution in [3.05, 3.63) is 35.6 Å². The Morgan fingerprint density at radius 3 is 2.24 bits per heavy atom. The standard InChI is InChI=1S/C19H28FN/c20-18-9-7-15(8-10-18)13-17(14-21-19-11-12-19)16-5-3-1-2-4-6-16/h7-10,16-17,19,21H,1-6,11-14H2. The number of nitrogens with one attached hydrogen (secondary N) is 1. The van der Waals surface area contributed by atoms with E-state index in [-0.39, 0.29) is 5.82 Å². The van der Waals surface area contributed by atoms with Gasteiger partial charge in [-0.05, 0) is 55.3 Å². The average Bonchev–Trinajstić information content (AvgIpc) is 3.32. The van der Waals surface area contributed by atoms with Crippen molar-refractivity contribution < 1.29 is 4.39 Å². The maximum Gasteiger partial charge on any atom is 0.123 e. The number of hydrogen-bond donors (Lipinski definition) is 1. The molecule has 116 valence electrons. The van der Waals surface area contributed by atoms with E-state index in [1.807, 2.05) is 12.1 Å². The van der Waals surface area contributed by atoms with Gasteiger partial charge in [-0.3, -0.25) is 0 Å². The van der Waals surface area contributed by atoms with Crippen molar-refractivity contribution in [1.82, 2.24) is 5.32 Å². The lowest BCUT2D eigenvalue weighted by Gasteiger charge is -2.27. The minimum absolute atomic E-state index is 0.124. The molecule has 2 aliphatic rings. The van der Waals surface area contributed by atoms with Crippen molar-refractivity contribution in [3.63, 3.8) is 0 Å². The summed E-state index contributed by atoms with van der Waals surface area (Å²) in [6, 6.07) is 7.93. The van der Waals surface area contributed by atoms with E-state index < -0.39 is 0 Å². The first-order chi connectivity index (χ1) is 10.3. The van der Waals surface area contributed by atoms with Crippen molar-refractivity contribution in [2.75, 3.05) is 6.54 Å². The molecule has 3 rings (SSSR count). The third-order valence-electron chi connectivity index (χ3n) is 5.22. The summed E-state index contributed by atoms with van der Waals surface area (Å²) in [5.41, 5.74) is 1.29. The molecule has 1 nitrogen and oxygen atoms in total. The van der Waals surface area contributed by atoms with Crippen molar-refractivity contribution in [2.45, 2.75) is 63.8 Å². The quantitative estimate of drug-likeness (QED) is 0.748. The van der Waals surface area contributed by atoms with E-state index in [1.54, 1.807) is 12.1 Å². The van der Waals surface area contributed by atoms with Crippen molar-refractivity contribution in [1.29, 1.82) is 0 Å². The fourth-order valence-corrected chi connectivity index (χ4v) is 3.72. The van der Waals surface area contributed by atoms with Crippen LogP contribution < -0.4 is 5.32 Å². The zero-order chi connectivity index (χ0) is 14.5. The predicted octanol–water partition coefficient (Wildman–Crippen LogP) is 4.71. The molecular formula is C19H28FN. The molecule has 1 aromatic carbocycles. The molecule has 2 aliphatic carbocycles. The Labute approximate surface area is 128 Å². The number of benzene rings is 1. The molecule has 0 spiro atoms. The molecule has 1 unspecified atom stereocenters. The van der Waals surface area contributed by atoms with Crippen LogP contribution in [0.4, 0.5) is 4.39 Å². The summed E-state index contributed by atoms with van der Waals surface area (Å²) in [5, 5.41) is 3.73. The van der Waals surface area contributed by atoms with Crippen LogP contribution in [0.25, 0.3) is 0 Å². The Balaban J connectivity index is 1.62. The van der Waals surface area contributed by atoms with Gasteiger partial charge in [0.15, 0.2) is 0 Å². The second-order valence-electron chi connectivity index (χ2n) is 7.02. The summed E-state index contributed by atoms with van der Waals surface area (Å²) in [5.74, 6) is 1.44. The van der Waals surface area contributed by atoms with Gasteiger partial charge in [-0.2, -0.15) is 0 Å². The lowest BCUT2D eigenvalue weighted by molar-refractivity contribution is 0.284. The Hall–Kier alpha value is -0.890. The molecule has 0 aliphatic heterocycles. The minimum Gasteiger partial charge on any atom is -0.314 e. The summed E-state index contributed by atoms with van der Waals surface area (Å²) in [6.45, 7) is 1.15. The van der Waals surface area contributed by atoms with Crippen molar-refractivity contribution >= 4 is 0 Å². The van der Waals surface area contributed by atoms with Crippen LogP contribution in [-0.2, 0) is 6.42 Å². The lowest BCUT2D eigenvalue weighted by atomic mass is 9.82. The molecule has 0 heterocycles. The predicted molar refractivity (Wildman–Crippen MR) is 85.8 cm³/mol. The van der Waals surface area contributed by atoms with Gasteiger partial charge in [0.1, 0.15) is 5.82 Å². The van der Waals surface area contributed by atoms with E-state index in [2.05, 4.69) is 5.32 Å². The van der Waals surface area contributed by atoms with Crippen LogP contribution in [0.1, 0.15) is 56.9 Å². The fraction of sp³-hybridized carbons (Fsp3) is 0.684. The molecule has 0 saturated heterocycles. The molecule has 1 atom stereocenters. The van der Waals surface area contributed by atoms with E-state index in [1.165, 1.54) is 56.9 Å². The molecule has 1 aromatic rings.